The molecule has 0 atom stereocenters. The maximum Gasteiger partial charge on any atom is 0.282 e. The average molecular weight is 330 g/mol. The molecular formula is C15H18N6O3. The first-order valence-electron chi connectivity index (χ1n) is 7.95. The Morgan fingerprint density at radius 2 is 2.04 bits per heavy atom. The van der Waals surface area contributed by atoms with Gasteiger partial charge in [0.05, 0.1) is 17.5 Å². The number of para-hydroxylation sites is 1. The lowest BCUT2D eigenvalue weighted by molar-refractivity contribution is -0.385. The summed E-state index contributed by atoms with van der Waals surface area (Å²) in [5, 5.41) is 25.4. The van der Waals surface area contributed by atoms with E-state index >= 15 is 0 Å². The van der Waals surface area contributed by atoms with Crippen molar-refractivity contribution in [1.82, 2.24) is 25.5 Å². The summed E-state index contributed by atoms with van der Waals surface area (Å²) >= 11 is 0. The number of carbonyl (C=O) groups excluding carboxylic acids is 1. The second-order valence-corrected chi connectivity index (χ2v) is 5.79. The average Bonchev–Trinajstić information content (AvgIpc) is 3.09. The number of amides is 1. The molecule has 1 amide bonds. The molecule has 126 valence electrons. The van der Waals surface area contributed by atoms with Gasteiger partial charge in [-0.2, -0.15) is 0 Å². The van der Waals surface area contributed by atoms with Gasteiger partial charge in [0.2, 0.25) is 0 Å². The van der Waals surface area contributed by atoms with Crippen LogP contribution < -0.4 is 5.32 Å². The van der Waals surface area contributed by atoms with Crippen LogP contribution in [0.5, 0.6) is 0 Å². The molecular weight excluding hydrogens is 312 g/mol. The molecule has 1 heterocycles. The van der Waals surface area contributed by atoms with E-state index in [1.54, 1.807) is 10.7 Å². The van der Waals surface area contributed by atoms with E-state index in [0.717, 1.165) is 25.7 Å². The molecule has 1 aliphatic carbocycles. The van der Waals surface area contributed by atoms with Crippen molar-refractivity contribution in [3.05, 3.63) is 45.8 Å². The second-order valence-electron chi connectivity index (χ2n) is 5.79. The number of carbonyl (C=O) groups is 1. The normalized spacial score (nSPS) is 15.2. The monoisotopic (exact) mass is 330 g/mol. The van der Waals surface area contributed by atoms with Crippen LogP contribution in [0.4, 0.5) is 5.69 Å². The summed E-state index contributed by atoms with van der Waals surface area (Å²) in [5.41, 5.74) is -0.193. The zero-order valence-electron chi connectivity index (χ0n) is 13.1. The highest BCUT2D eigenvalue weighted by atomic mass is 16.6. The highest BCUT2D eigenvalue weighted by Crippen LogP contribution is 2.27. The van der Waals surface area contributed by atoms with Crippen LogP contribution in [0.1, 0.15) is 54.3 Å². The first-order chi connectivity index (χ1) is 11.7. The highest BCUT2D eigenvalue weighted by molar-refractivity contribution is 5.97. The van der Waals surface area contributed by atoms with Gasteiger partial charge in [0, 0.05) is 6.07 Å². The van der Waals surface area contributed by atoms with Crippen molar-refractivity contribution in [3.63, 3.8) is 0 Å². The molecule has 1 aromatic carbocycles. The van der Waals surface area contributed by atoms with E-state index in [4.69, 9.17) is 0 Å². The van der Waals surface area contributed by atoms with Crippen molar-refractivity contribution in [1.29, 1.82) is 0 Å². The number of benzene rings is 1. The third-order valence-electron chi connectivity index (χ3n) is 4.23. The van der Waals surface area contributed by atoms with Crippen LogP contribution in [0.3, 0.4) is 0 Å². The molecule has 1 aromatic heterocycles. The van der Waals surface area contributed by atoms with Crippen LogP contribution in [0.2, 0.25) is 0 Å². The van der Waals surface area contributed by atoms with Crippen molar-refractivity contribution in [2.75, 3.05) is 0 Å². The Morgan fingerprint density at radius 3 is 2.79 bits per heavy atom. The Labute approximate surface area is 138 Å². The molecule has 0 spiro atoms. The van der Waals surface area contributed by atoms with Gasteiger partial charge in [0.15, 0.2) is 5.82 Å². The van der Waals surface area contributed by atoms with Gasteiger partial charge in [-0.25, -0.2) is 4.68 Å². The van der Waals surface area contributed by atoms with Crippen molar-refractivity contribution in [3.8, 4) is 0 Å². The highest BCUT2D eigenvalue weighted by Gasteiger charge is 2.22. The van der Waals surface area contributed by atoms with E-state index in [1.165, 1.54) is 24.6 Å². The third-order valence-corrected chi connectivity index (χ3v) is 4.23. The Bertz CT molecular complexity index is 738. The van der Waals surface area contributed by atoms with E-state index in [1.807, 2.05) is 0 Å². The maximum absolute atomic E-state index is 12.3. The lowest BCUT2D eigenvalue weighted by Crippen LogP contribution is -2.27. The quantitative estimate of drug-likeness (QED) is 0.662. The van der Waals surface area contributed by atoms with Gasteiger partial charge in [0.25, 0.3) is 11.6 Å². The summed E-state index contributed by atoms with van der Waals surface area (Å²) in [6.07, 6.45) is 5.56. The lowest BCUT2D eigenvalue weighted by Gasteiger charge is -2.22. The van der Waals surface area contributed by atoms with Gasteiger partial charge >= 0.3 is 0 Å². The van der Waals surface area contributed by atoms with E-state index in [2.05, 4.69) is 20.8 Å². The Hall–Kier alpha value is -2.84. The number of nitrogens with zero attached hydrogens (tertiary/aromatic N) is 5. The van der Waals surface area contributed by atoms with Gasteiger partial charge in [-0.1, -0.05) is 31.4 Å². The molecule has 3 rings (SSSR count). The van der Waals surface area contributed by atoms with Crippen molar-refractivity contribution in [2.24, 2.45) is 0 Å². The number of nitro benzene ring substituents is 1. The molecule has 0 unspecified atom stereocenters. The zero-order valence-corrected chi connectivity index (χ0v) is 13.1. The standard InChI is InChI=1S/C15H18N6O3/c22-15(12-8-4-5-9-13(12)21(23)24)16-10-14-17-18-19-20(14)11-6-2-1-3-7-11/h4-5,8-9,11H,1-3,6-7,10H2,(H,16,22). The van der Waals surface area contributed by atoms with E-state index in [-0.39, 0.29) is 23.8 Å². The fraction of sp³-hybridized carbons (Fsp3) is 0.467. The predicted molar refractivity (Wildman–Crippen MR) is 84.2 cm³/mol. The van der Waals surface area contributed by atoms with Gasteiger partial charge < -0.3 is 5.32 Å². The maximum atomic E-state index is 12.3. The van der Waals surface area contributed by atoms with Gasteiger partial charge in [-0.3, -0.25) is 14.9 Å². The molecule has 1 saturated carbocycles. The van der Waals surface area contributed by atoms with Crippen LogP contribution >= 0.6 is 0 Å². The first kappa shape index (κ1) is 16.0. The molecule has 0 aliphatic heterocycles. The number of hydrogen-bond acceptors (Lipinski definition) is 6. The first-order valence-corrected chi connectivity index (χ1v) is 7.95. The largest absolute Gasteiger partial charge is 0.344 e. The summed E-state index contributed by atoms with van der Waals surface area (Å²) in [6.45, 7) is 0.133. The summed E-state index contributed by atoms with van der Waals surface area (Å²) < 4.78 is 1.76. The van der Waals surface area contributed by atoms with Crippen LogP contribution in [0, 0.1) is 10.1 Å². The summed E-state index contributed by atoms with van der Waals surface area (Å²) in [7, 11) is 0. The van der Waals surface area contributed by atoms with Crippen LogP contribution in [0.15, 0.2) is 24.3 Å². The fourth-order valence-corrected chi connectivity index (χ4v) is 3.02. The summed E-state index contributed by atoms with van der Waals surface area (Å²) in [5.74, 6) is 0.0503. The molecule has 1 aliphatic rings. The number of hydrogen-bond donors (Lipinski definition) is 1. The topological polar surface area (TPSA) is 116 Å². The Morgan fingerprint density at radius 1 is 1.29 bits per heavy atom. The minimum absolute atomic E-state index is 0.0270. The van der Waals surface area contributed by atoms with Crippen LogP contribution in [0.25, 0.3) is 0 Å². The number of rotatable bonds is 5. The smallest absolute Gasteiger partial charge is 0.282 e. The number of tetrazole rings is 1. The number of nitro groups is 1. The number of aromatic nitrogens is 4. The summed E-state index contributed by atoms with van der Waals surface area (Å²) in [6, 6.07) is 6.11. The predicted octanol–water partition coefficient (Wildman–Crippen LogP) is 2.02. The molecule has 0 saturated heterocycles. The van der Waals surface area contributed by atoms with Crippen molar-refractivity contribution >= 4 is 11.6 Å². The van der Waals surface area contributed by atoms with E-state index in [0.29, 0.717) is 5.82 Å². The lowest BCUT2D eigenvalue weighted by atomic mass is 9.95. The Balaban J connectivity index is 1.69. The molecule has 9 nitrogen and oxygen atoms in total. The van der Waals surface area contributed by atoms with E-state index in [9.17, 15) is 14.9 Å². The molecule has 0 radical (unpaired) electrons. The SMILES string of the molecule is O=C(NCc1nnnn1C1CCCCC1)c1ccccc1[N+](=O)[O-]. The fourth-order valence-electron chi connectivity index (χ4n) is 3.02. The molecule has 9 heteroatoms. The van der Waals surface area contributed by atoms with Crippen LogP contribution in [-0.4, -0.2) is 31.0 Å². The number of nitrogens with one attached hydrogen (secondary N) is 1. The second kappa shape index (κ2) is 7.16. The van der Waals surface area contributed by atoms with Gasteiger partial charge in [-0.15, -0.1) is 5.10 Å². The molecule has 2 aromatic rings. The van der Waals surface area contributed by atoms with Crippen LogP contribution in [-0.2, 0) is 6.54 Å². The third kappa shape index (κ3) is 3.39. The molecule has 1 fully saturated rings. The van der Waals surface area contributed by atoms with Gasteiger partial charge in [-0.05, 0) is 29.3 Å². The van der Waals surface area contributed by atoms with Crippen molar-refractivity contribution < 1.29 is 9.72 Å². The minimum atomic E-state index is -0.568. The molecule has 0 bridgehead atoms. The van der Waals surface area contributed by atoms with Crippen molar-refractivity contribution in [2.45, 2.75) is 44.7 Å². The zero-order chi connectivity index (χ0) is 16.9. The van der Waals surface area contributed by atoms with E-state index < -0.39 is 10.8 Å². The summed E-state index contributed by atoms with van der Waals surface area (Å²) in [4.78, 5) is 22.7. The minimum Gasteiger partial charge on any atom is -0.344 e. The molecule has 24 heavy (non-hydrogen) atoms. The Kier molecular flexibility index (Phi) is 4.78. The molecule has 1 N–H and O–H groups in total. The van der Waals surface area contributed by atoms with Gasteiger partial charge in [0.1, 0.15) is 5.56 Å².